The zero-order chi connectivity index (χ0) is 18.3. The molecule has 0 amide bonds. The molecule has 6 nitrogen and oxygen atoms in total. The van der Waals surface area contributed by atoms with Gasteiger partial charge in [-0.3, -0.25) is 9.59 Å². The van der Waals surface area contributed by atoms with Crippen molar-refractivity contribution in [3.8, 4) is 6.07 Å². The van der Waals surface area contributed by atoms with E-state index in [1.165, 1.54) is 0 Å². The molecule has 2 rings (SSSR count). The van der Waals surface area contributed by atoms with Gasteiger partial charge in [0.1, 0.15) is 17.5 Å². The number of halogens is 1. The van der Waals surface area contributed by atoms with Gasteiger partial charge in [0.05, 0.1) is 11.6 Å². The molecule has 0 aliphatic carbocycles. The smallest absolute Gasteiger partial charge is 0.323 e. The van der Waals surface area contributed by atoms with Crippen LogP contribution in [0, 0.1) is 11.3 Å². The summed E-state index contributed by atoms with van der Waals surface area (Å²) in [6.07, 6.45) is 1.71. The quantitative estimate of drug-likeness (QED) is 0.636. The first-order chi connectivity index (χ1) is 11.2. The van der Waals surface area contributed by atoms with Gasteiger partial charge in [-0.15, -0.1) is 0 Å². The minimum absolute atomic E-state index is 0.0601. The molecule has 2 aromatic rings. The number of esters is 1. The van der Waals surface area contributed by atoms with Gasteiger partial charge < -0.3 is 14.4 Å². The van der Waals surface area contributed by atoms with Crippen molar-refractivity contribution in [3.63, 3.8) is 0 Å². The SMILES string of the molecule is CC(C)(C)OC(=O)CBr.N#Cc1ccc2c(ccn2CC(=O)O)c1. The van der Waals surface area contributed by atoms with E-state index in [2.05, 4.69) is 15.9 Å². The summed E-state index contributed by atoms with van der Waals surface area (Å²) in [4.78, 5) is 21.1. The van der Waals surface area contributed by atoms with Crippen LogP contribution in [-0.4, -0.2) is 32.5 Å². The molecule has 0 bridgehead atoms. The lowest BCUT2D eigenvalue weighted by Gasteiger charge is -2.18. The van der Waals surface area contributed by atoms with Crippen LogP contribution in [-0.2, 0) is 20.9 Å². The number of nitriles is 1. The summed E-state index contributed by atoms with van der Waals surface area (Å²) < 4.78 is 6.54. The summed E-state index contributed by atoms with van der Waals surface area (Å²) in [5.41, 5.74) is 1.05. The van der Waals surface area contributed by atoms with Crippen molar-refractivity contribution < 1.29 is 19.4 Å². The predicted octanol–water partition coefficient (Wildman–Crippen LogP) is 3.32. The molecule has 0 unspecified atom stereocenters. The first-order valence-corrected chi connectivity index (χ1v) is 8.27. The van der Waals surface area contributed by atoms with Crippen molar-refractivity contribution in [3.05, 3.63) is 36.0 Å². The molecule has 0 saturated heterocycles. The maximum absolute atomic E-state index is 10.6. The lowest BCUT2D eigenvalue weighted by atomic mass is 10.2. The highest BCUT2D eigenvalue weighted by Gasteiger charge is 2.14. The number of benzene rings is 1. The van der Waals surface area contributed by atoms with E-state index in [9.17, 15) is 9.59 Å². The Morgan fingerprint density at radius 3 is 2.46 bits per heavy atom. The molecule has 0 atom stereocenters. The highest BCUT2D eigenvalue weighted by molar-refractivity contribution is 9.09. The molecule has 128 valence electrons. The minimum atomic E-state index is -0.878. The monoisotopic (exact) mass is 394 g/mol. The zero-order valence-corrected chi connectivity index (χ0v) is 15.3. The number of rotatable bonds is 3. The van der Waals surface area contributed by atoms with Gasteiger partial charge >= 0.3 is 11.9 Å². The average Bonchev–Trinajstić information content (AvgIpc) is 2.87. The third-order valence-electron chi connectivity index (χ3n) is 2.73. The second kappa shape index (κ2) is 8.50. The largest absolute Gasteiger partial charge is 0.480 e. The molecule has 0 aliphatic rings. The highest BCUT2D eigenvalue weighted by Crippen LogP contribution is 2.17. The van der Waals surface area contributed by atoms with Gasteiger partial charge in [-0.2, -0.15) is 5.26 Å². The summed E-state index contributed by atoms with van der Waals surface area (Å²) in [7, 11) is 0. The highest BCUT2D eigenvalue weighted by atomic mass is 79.9. The molecule has 0 aliphatic heterocycles. The van der Waals surface area contributed by atoms with E-state index in [0.717, 1.165) is 10.9 Å². The Labute approximate surface area is 148 Å². The Hall–Kier alpha value is -2.33. The zero-order valence-electron chi connectivity index (χ0n) is 13.7. The van der Waals surface area contributed by atoms with E-state index in [1.807, 2.05) is 26.8 Å². The molecule has 1 N–H and O–H groups in total. The number of alkyl halides is 1. The van der Waals surface area contributed by atoms with Gasteiger partial charge in [0.25, 0.3) is 0 Å². The summed E-state index contributed by atoms with van der Waals surface area (Å²) >= 11 is 2.99. The molecular formula is C17H19BrN2O4. The number of carbonyl (C=O) groups excluding carboxylic acids is 1. The van der Waals surface area contributed by atoms with Crippen molar-refractivity contribution in [1.29, 1.82) is 5.26 Å². The molecule has 1 aromatic carbocycles. The van der Waals surface area contributed by atoms with Crippen molar-refractivity contribution >= 4 is 38.8 Å². The van der Waals surface area contributed by atoms with E-state index in [4.69, 9.17) is 15.1 Å². The van der Waals surface area contributed by atoms with Gasteiger partial charge in [0.15, 0.2) is 0 Å². The van der Waals surface area contributed by atoms with Crippen molar-refractivity contribution in [2.45, 2.75) is 32.9 Å². The van der Waals surface area contributed by atoms with Crippen LogP contribution < -0.4 is 0 Å². The number of hydrogen-bond donors (Lipinski definition) is 1. The molecule has 0 fully saturated rings. The number of carbonyl (C=O) groups is 2. The molecule has 0 radical (unpaired) electrons. The molecule has 0 saturated carbocycles. The maximum Gasteiger partial charge on any atom is 0.323 e. The van der Waals surface area contributed by atoms with Gasteiger partial charge in [-0.25, -0.2) is 0 Å². The van der Waals surface area contributed by atoms with Gasteiger partial charge in [-0.05, 0) is 45.0 Å². The summed E-state index contributed by atoms with van der Waals surface area (Å²) in [6.45, 7) is 5.46. The fourth-order valence-electron chi connectivity index (χ4n) is 1.92. The second-order valence-electron chi connectivity index (χ2n) is 5.94. The number of ether oxygens (including phenoxy) is 1. The molecule has 1 heterocycles. The van der Waals surface area contributed by atoms with Crippen LogP contribution >= 0.6 is 15.9 Å². The lowest BCUT2D eigenvalue weighted by Crippen LogP contribution is -2.24. The lowest BCUT2D eigenvalue weighted by molar-refractivity contribution is -0.151. The van der Waals surface area contributed by atoms with Crippen molar-refractivity contribution in [2.24, 2.45) is 0 Å². The molecule has 7 heteroatoms. The maximum atomic E-state index is 10.6. The number of nitrogens with zero attached hydrogens (tertiary/aromatic N) is 2. The Kier molecular flexibility index (Phi) is 6.98. The molecule has 1 aromatic heterocycles. The van der Waals surface area contributed by atoms with Crippen LogP contribution in [0.15, 0.2) is 30.5 Å². The molecular weight excluding hydrogens is 376 g/mol. The summed E-state index contributed by atoms with van der Waals surface area (Å²) in [5, 5.41) is 18.5. The number of fused-ring (bicyclic) bond motifs is 1. The van der Waals surface area contributed by atoms with E-state index < -0.39 is 5.97 Å². The Morgan fingerprint density at radius 2 is 2.00 bits per heavy atom. The van der Waals surface area contributed by atoms with E-state index in [0.29, 0.717) is 5.56 Å². The van der Waals surface area contributed by atoms with Crippen LogP contribution in [0.25, 0.3) is 10.9 Å². The number of hydrogen-bond acceptors (Lipinski definition) is 4. The normalized spacial score (nSPS) is 10.5. The predicted molar refractivity (Wildman–Crippen MR) is 93.9 cm³/mol. The van der Waals surface area contributed by atoms with Crippen molar-refractivity contribution in [2.75, 3.05) is 5.33 Å². The standard InChI is InChI=1S/C11H8N2O2.C6H11BrO2/c12-6-8-1-2-10-9(5-8)3-4-13(10)7-11(14)15;1-6(2,3)9-5(8)4-7/h1-5H,7H2,(H,14,15);4H2,1-3H3. The number of carboxylic acids is 1. The van der Waals surface area contributed by atoms with Crippen molar-refractivity contribution in [1.82, 2.24) is 4.57 Å². The van der Waals surface area contributed by atoms with Crippen LogP contribution in [0.2, 0.25) is 0 Å². The molecule has 0 spiro atoms. The Balaban J connectivity index is 0.000000277. The van der Waals surface area contributed by atoms with E-state index >= 15 is 0 Å². The Bertz CT molecular complexity index is 769. The number of aromatic nitrogens is 1. The Morgan fingerprint density at radius 1 is 1.33 bits per heavy atom. The first kappa shape index (κ1) is 19.7. The van der Waals surface area contributed by atoms with Gasteiger partial charge in [0.2, 0.25) is 0 Å². The number of aliphatic carboxylic acids is 1. The van der Waals surface area contributed by atoms with Crippen LogP contribution in [0.3, 0.4) is 0 Å². The third-order valence-corrected chi connectivity index (χ3v) is 3.19. The molecule has 24 heavy (non-hydrogen) atoms. The fraction of sp³-hybridized carbons (Fsp3) is 0.353. The summed E-state index contributed by atoms with van der Waals surface area (Å²) in [5.74, 6) is -1.10. The van der Waals surface area contributed by atoms with Crippen LogP contribution in [0.4, 0.5) is 0 Å². The topological polar surface area (TPSA) is 92.3 Å². The van der Waals surface area contributed by atoms with E-state index in [1.54, 1.807) is 35.0 Å². The number of carboxylic acid groups (broad SMARTS) is 1. The fourth-order valence-corrected chi connectivity index (χ4v) is 2.04. The first-order valence-electron chi connectivity index (χ1n) is 7.15. The summed E-state index contributed by atoms with van der Waals surface area (Å²) in [6, 6.07) is 9.03. The average molecular weight is 395 g/mol. The van der Waals surface area contributed by atoms with Crippen LogP contribution in [0.5, 0.6) is 0 Å². The minimum Gasteiger partial charge on any atom is -0.480 e. The van der Waals surface area contributed by atoms with Gasteiger partial charge in [-0.1, -0.05) is 15.9 Å². The van der Waals surface area contributed by atoms with E-state index in [-0.39, 0.29) is 23.4 Å². The van der Waals surface area contributed by atoms with Gasteiger partial charge in [0, 0.05) is 17.1 Å². The third kappa shape index (κ3) is 6.42. The van der Waals surface area contributed by atoms with Crippen LogP contribution in [0.1, 0.15) is 26.3 Å². The second-order valence-corrected chi connectivity index (χ2v) is 6.50.